The van der Waals surface area contributed by atoms with Crippen molar-refractivity contribution in [2.45, 2.75) is 25.3 Å². The van der Waals surface area contributed by atoms with Crippen LogP contribution < -0.4 is 24.8 Å². The SMILES string of the molecule is COc1ccc(C=CC(=O)NCCc2ccc(OCC(=O)NC3CC3)cc2)c(OC)c1. The van der Waals surface area contributed by atoms with Gasteiger partial charge in [-0.3, -0.25) is 9.59 Å². The molecule has 0 unspecified atom stereocenters. The van der Waals surface area contributed by atoms with E-state index in [-0.39, 0.29) is 18.4 Å². The number of nitrogens with one attached hydrogen (secondary N) is 2. The van der Waals surface area contributed by atoms with Gasteiger partial charge in [-0.2, -0.15) is 0 Å². The molecule has 1 aliphatic rings. The Bertz CT molecular complexity index is 920. The fraction of sp³-hybridized carbons (Fsp3) is 0.333. The Labute approximate surface area is 182 Å². The number of ether oxygens (including phenoxy) is 3. The maximum atomic E-state index is 12.1. The summed E-state index contributed by atoms with van der Waals surface area (Å²) in [4.78, 5) is 23.7. The van der Waals surface area contributed by atoms with Crippen LogP contribution in [0.5, 0.6) is 17.2 Å². The molecular formula is C24H28N2O5. The summed E-state index contributed by atoms with van der Waals surface area (Å²) < 4.78 is 16.0. The van der Waals surface area contributed by atoms with Gasteiger partial charge in [-0.15, -0.1) is 0 Å². The number of benzene rings is 2. The molecule has 7 heteroatoms. The first-order valence-corrected chi connectivity index (χ1v) is 10.3. The Morgan fingerprint density at radius 1 is 1.03 bits per heavy atom. The largest absolute Gasteiger partial charge is 0.497 e. The zero-order chi connectivity index (χ0) is 22.1. The molecule has 1 fully saturated rings. The van der Waals surface area contributed by atoms with E-state index in [1.54, 1.807) is 26.4 Å². The van der Waals surface area contributed by atoms with Crippen LogP contribution in [0.15, 0.2) is 48.5 Å². The quantitative estimate of drug-likeness (QED) is 0.542. The molecule has 2 aromatic carbocycles. The maximum Gasteiger partial charge on any atom is 0.258 e. The van der Waals surface area contributed by atoms with Crippen LogP contribution in [-0.4, -0.2) is 45.2 Å². The Morgan fingerprint density at radius 2 is 1.77 bits per heavy atom. The van der Waals surface area contributed by atoms with E-state index in [0.717, 1.165) is 24.0 Å². The molecule has 2 aromatic rings. The summed E-state index contributed by atoms with van der Waals surface area (Å²) in [6, 6.07) is 13.3. The highest BCUT2D eigenvalue weighted by atomic mass is 16.5. The van der Waals surface area contributed by atoms with Gasteiger partial charge in [-0.05, 0) is 55.2 Å². The fourth-order valence-electron chi connectivity index (χ4n) is 2.91. The van der Waals surface area contributed by atoms with E-state index in [4.69, 9.17) is 14.2 Å². The molecule has 0 aliphatic heterocycles. The van der Waals surface area contributed by atoms with Gasteiger partial charge in [0.05, 0.1) is 14.2 Å². The van der Waals surface area contributed by atoms with Gasteiger partial charge in [-0.25, -0.2) is 0 Å². The zero-order valence-corrected chi connectivity index (χ0v) is 17.9. The van der Waals surface area contributed by atoms with Gasteiger partial charge in [0.2, 0.25) is 5.91 Å². The standard InChI is InChI=1S/C24H28N2O5/c1-29-21-11-5-18(22(15-21)30-2)6-12-23(27)25-14-13-17-3-9-20(10-4-17)31-16-24(28)26-19-7-8-19/h3-6,9-12,15,19H,7-8,13-14,16H2,1-2H3,(H,25,27)(H,26,28). The summed E-state index contributed by atoms with van der Waals surface area (Å²) in [7, 11) is 3.16. The van der Waals surface area contributed by atoms with Crippen LogP contribution in [0, 0.1) is 0 Å². The second-order valence-corrected chi connectivity index (χ2v) is 7.26. The Kier molecular flexibility index (Phi) is 7.92. The number of methoxy groups -OCH3 is 2. The predicted octanol–water partition coefficient (Wildman–Crippen LogP) is 2.73. The van der Waals surface area contributed by atoms with Crippen molar-refractivity contribution in [3.8, 4) is 17.2 Å². The molecule has 2 amide bonds. The minimum atomic E-state index is -0.181. The average molecular weight is 424 g/mol. The van der Waals surface area contributed by atoms with Gasteiger partial charge in [0.15, 0.2) is 6.61 Å². The molecule has 31 heavy (non-hydrogen) atoms. The number of rotatable bonds is 11. The van der Waals surface area contributed by atoms with Gasteiger partial charge in [-0.1, -0.05) is 12.1 Å². The first kappa shape index (κ1) is 22.2. The van der Waals surface area contributed by atoms with Crippen LogP contribution in [0.3, 0.4) is 0 Å². The average Bonchev–Trinajstić information content (AvgIpc) is 3.61. The smallest absolute Gasteiger partial charge is 0.258 e. The van der Waals surface area contributed by atoms with Gasteiger partial charge >= 0.3 is 0 Å². The first-order valence-electron chi connectivity index (χ1n) is 10.3. The maximum absolute atomic E-state index is 12.1. The summed E-state index contributed by atoms with van der Waals surface area (Å²) >= 11 is 0. The number of hydrogen-bond donors (Lipinski definition) is 2. The topological polar surface area (TPSA) is 85.9 Å². The second kappa shape index (κ2) is 11.1. The molecule has 0 spiro atoms. The van der Waals surface area contributed by atoms with Crippen molar-refractivity contribution in [3.05, 3.63) is 59.7 Å². The summed E-state index contributed by atoms with van der Waals surface area (Å²) in [6.45, 7) is 0.532. The monoisotopic (exact) mass is 424 g/mol. The lowest BCUT2D eigenvalue weighted by molar-refractivity contribution is -0.123. The molecule has 0 atom stereocenters. The van der Waals surface area contributed by atoms with Gasteiger partial charge in [0.1, 0.15) is 17.2 Å². The van der Waals surface area contributed by atoms with Crippen molar-refractivity contribution < 1.29 is 23.8 Å². The molecule has 3 rings (SSSR count). The molecule has 0 radical (unpaired) electrons. The molecular weight excluding hydrogens is 396 g/mol. The highest BCUT2D eigenvalue weighted by Gasteiger charge is 2.23. The highest BCUT2D eigenvalue weighted by Crippen LogP contribution is 2.25. The van der Waals surface area contributed by atoms with Crippen LogP contribution in [0.4, 0.5) is 0 Å². The third kappa shape index (κ3) is 7.37. The van der Waals surface area contributed by atoms with Crippen molar-refractivity contribution in [1.29, 1.82) is 0 Å². The Hall–Kier alpha value is -3.48. The van der Waals surface area contributed by atoms with Crippen LogP contribution in [0.2, 0.25) is 0 Å². The molecule has 0 saturated heterocycles. The number of amides is 2. The molecule has 7 nitrogen and oxygen atoms in total. The third-order valence-electron chi connectivity index (χ3n) is 4.80. The van der Waals surface area contributed by atoms with E-state index in [9.17, 15) is 9.59 Å². The molecule has 0 heterocycles. The minimum absolute atomic E-state index is 0.0250. The van der Waals surface area contributed by atoms with Crippen LogP contribution in [-0.2, 0) is 16.0 Å². The van der Waals surface area contributed by atoms with Crippen LogP contribution in [0.25, 0.3) is 6.08 Å². The van der Waals surface area contributed by atoms with Crippen LogP contribution in [0.1, 0.15) is 24.0 Å². The van der Waals surface area contributed by atoms with Gasteiger partial charge in [0.25, 0.3) is 5.91 Å². The fourth-order valence-corrected chi connectivity index (χ4v) is 2.91. The van der Waals surface area contributed by atoms with E-state index < -0.39 is 0 Å². The predicted molar refractivity (Wildman–Crippen MR) is 118 cm³/mol. The Morgan fingerprint density at radius 3 is 2.45 bits per heavy atom. The zero-order valence-electron chi connectivity index (χ0n) is 17.9. The minimum Gasteiger partial charge on any atom is -0.497 e. The highest BCUT2D eigenvalue weighted by molar-refractivity contribution is 5.92. The van der Waals surface area contributed by atoms with Crippen LogP contribution >= 0.6 is 0 Å². The first-order chi connectivity index (χ1) is 15.1. The van der Waals surface area contributed by atoms with Gasteiger partial charge < -0.3 is 24.8 Å². The lowest BCUT2D eigenvalue weighted by Crippen LogP contribution is -2.30. The summed E-state index contributed by atoms with van der Waals surface area (Å²) in [5.41, 5.74) is 1.86. The lowest BCUT2D eigenvalue weighted by Gasteiger charge is -2.08. The van der Waals surface area contributed by atoms with E-state index in [0.29, 0.717) is 36.3 Å². The summed E-state index contributed by atoms with van der Waals surface area (Å²) in [5, 5.41) is 5.75. The van der Waals surface area contributed by atoms with Crippen molar-refractivity contribution in [2.24, 2.45) is 0 Å². The molecule has 1 saturated carbocycles. The van der Waals surface area contributed by atoms with Crippen molar-refractivity contribution >= 4 is 17.9 Å². The normalized spacial score (nSPS) is 13.0. The molecule has 1 aliphatic carbocycles. The third-order valence-corrected chi connectivity index (χ3v) is 4.80. The summed E-state index contributed by atoms with van der Waals surface area (Å²) in [6.07, 6.45) is 5.99. The number of carbonyl (C=O) groups is 2. The lowest BCUT2D eigenvalue weighted by atomic mass is 10.1. The second-order valence-electron chi connectivity index (χ2n) is 7.26. The van der Waals surface area contributed by atoms with E-state index in [2.05, 4.69) is 10.6 Å². The van der Waals surface area contributed by atoms with Crippen molar-refractivity contribution in [3.63, 3.8) is 0 Å². The van der Waals surface area contributed by atoms with E-state index in [1.807, 2.05) is 36.4 Å². The molecule has 164 valence electrons. The summed E-state index contributed by atoms with van der Waals surface area (Å²) in [5.74, 6) is 1.70. The Balaban J connectivity index is 1.39. The van der Waals surface area contributed by atoms with Crippen molar-refractivity contribution in [2.75, 3.05) is 27.4 Å². The van der Waals surface area contributed by atoms with E-state index in [1.165, 1.54) is 6.08 Å². The number of carbonyl (C=O) groups excluding carboxylic acids is 2. The van der Waals surface area contributed by atoms with Gasteiger partial charge in [0, 0.05) is 30.3 Å². The molecule has 0 aromatic heterocycles. The van der Waals surface area contributed by atoms with E-state index >= 15 is 0 Å². The molecule has 2 N–H and O–H groups in total. The van der Waals surface area contributed by atoms with Crippen molar-refractivity contribution in [1.82, 2.24) is 10.6 Å². The molecule has 0 bridgehead atoms. The number of hydrogen-bond acceptors (Lipinski definition) is 5.